The molecule has 0 aliphatic carbocycles. The molecule has 1 aromatic carbocycles. The monoisotopic (exact) mass is 577 g/mol. The van der Waals surface area contributed by atoms with Crippen LogP contribution in [0.4, 0.5) is 0 Å². The lowest BCUT2D eigenvalue weighted by molar-refractivity contribution is 0.0456. The first-order valence-electron chi connectivity index (χ1n) is 9.81. The van der Waals surface area contributed by atoms with Crippen LogP contribution < -0.4 is 14.8 Å². The average molecular weight is 579 g/mol. The van der Waals surface area contributed by atoms with Gasteiger partial charge in [-0.1, -0.05) is 6.07 Å². The number of pyridine rings is 2. The topological polar surface area (TPSA) is 99.6 Å². The summed E-state index contributed by atoms with van der Waals surface area (Å²) in [6, 6.07) is 11.3. The number of benzene rings is 1. The normalized spacial score (nSPS) is 11.4. The highest BCUT2D eigenvalue weighted by Crippen LogP contribution is 2.28. The van der Waals surface area contributed by atoms with Gasteiger partial charge in [-0.05, 0) is 80.2 Å². The summed E-state index contributed by atoms with van der Waals surface area (Å²) in [5.41, 5.74) is 1.65. The van der Waals surface area contributed by atoms with Gasteiger partial charge in [0.1, 0.15) is 15.8 Å². The average Bonchev–Trinajstić information content (AvgIpc) is 2.82. The minimum Gasteiger partial charge on any atom is -0.493 e. The zero-order chi connectivity index (χ0) is 23.8. The van der Waals surface area contributed by atoms with Gasteiger partial charge in [0, 0.05) is 18.0 Å². The summed E-state index contributed by atoms with van der Waals surface area (Å²) >= 11 is 6.50. The molecular formula is C23H21Br2N3O5. The number of methoxy groups -OCH3 is 2. The lowest BCUT2D eigenvalue weighted by atomic mass is 10.0. The molecule has 3 rings (SSSR count). The molecule has 8 nitrogen and oxygen atoms in total. The summed E-state index contributed by atoms with van der Waals surface area (Å²) in [6.07, 6.45) is 3.43. The number of nitrogens with zero attached hydrogens (tertiary/aromatic N) is 2. The third-order valence-corrected chi connectivity index (χ3v) is 5.50. The van der Waals surface area contributed by atoms with Crippen molar-refractivity contribution in [3.63, 3.8) is 0 Å². The van der Waals surface area contributed by atoms with Gasteiger partial charge in [0.15, 0.2) is 11.5 Å². The smallest absolute Gasteiger partial charge is 0.338 e. The zero-order valence-electron chi connectivity index (χ0n) is 17.9. The van der Waals surface area contributed by atoms with Crippen LogP contribution in [0.15, 0.2) is 64.1 Å². The van der Waals surface area contributed by atoms with Crippen molar-refractivity contribution < 1.29 is 23.8 Å². The number of aromatic nitrogens is 2. The zero-order valence-corrected chi connectivity index (χ0v) is 21.1. The number of hydrogen-bond acceptors (Lipinski definition) is 7. The highest BCUT2D eigenvalue weighted by atomic mass is 79.9. The third-order valence-electron chi connectivity index (χ3n) is 4.63. The van der Waals surface area contributed by atoms with Crippen LogP contribution in [0.5, 0.6) is 11.5 Å². The van der Waals surface area contributed by atoms with Gasteiger partial charge in [-0.2, -0.15) is 0 Å². The van der Waals surface area contributed by atoms with E-state index in [4.69, 9.17) is 14.2 Å². The Kier molecular flexibility index (Phi) is 8.79. The molecule has 0 spiro atoms. The molecule has 3 aromatic rings. The van der Waals surface area contributed by atoms with Crippen LogP contribution in [0, 0.1) is 0 Å². The summed E-state index contributed by atoms with van der Waals surface area (Å²) in [5, 5.41) is 2.93. The quantitative estimate of drug-likeness (QED) is 0.300. The molecule has 172 valence electrons. The fraction of sp³-hybridized carbons (Fsp3) is 0.217. The summed E-state index contributed by atoms with van der Waals surface area (Å²) in [4.78, 5) is 33.4. The molecule has 10 heteroatoms. The largest absolute Gasteiger partial charge is 0.493 e. The van der Waals surface area contributed by atoms with Crippen LogP contribution in [0.1, 0.15) is 26.3 Å². The SMILES string of the molecule is COc1ccc(C[C@@H](COC(=O)c2ccnc(Br)c2)NC(=O)c2ccnc(Br)c2)cc1OC. The maximum atomic E-state index is 12.8. The second-order valence-corrected chi connectivity index (χ2v) is 8.52. The van der Waals surface area contributed by atoms with Crippen LogP contribution in [-0.4, -0.2) is 48.7 Å². The third kappa shape index (κ3) is 7.00. The molecule has 0 bridgehead atoms. The van der Waals surface area contributed by atoms with E-state index >= 15 is 0 Å². The van der Waals surface area contributed by atoms with Crippen molar-refractivity contribution in [2.45, 2.75) is 12.5 Å². The Morgan fingerprint density at radius 3 is 2.18 bits per heavy atom. The van der Waals surface area contributed by atoms with Gasteiger partial charge in [0.05, 0.1) is 25.8 Å². The summed E-state index contributed by atoms with van der Waals surface area (Å²) in [6.45, 7) is -0.0366. The maximum Gasteiger partial charge on any atom is 0.338 e. The van der Waals surface area contributed by atoms with Crippen molar-refractivity contribution in [3.8, 4) is 11.5 Å². The first-order chi connectivity index (χ1) is 15.9. The lowest BCUT2D eigenvalue weighted by Gasteiger charge is -2.20. The first kappa shape index (κ1) is 24.7. The number of hydrogen-bond donors (Lipinski definition) is 1. The van der Waals surface area contributed by atoms with Crippen molar-refractivity contribution >= 4 is 43.7 Å². The molecule has 0 aliphatic heterocycles. The van der Waals surface area contributed by atoms with E-state index in [2.05, 4.69) is 47.1 Å². The number of halogens is 2. The molecule has 1 N–H and O–H groups in total. The molecule has 0 radical (unpaired) electrons. The van der Waals surface area contributed by atoms with Gasteiger partial charge in [-0.3, -0.25) is 4.79 Å². The van der Waals surface area contributed by atoms with Crippen LogP contribution in [-0.2, 0) is 11.2 Å². The predicted octanol–water partition coefficient (Wildman–Crippen LogP) is 4.22. The molecule has 2 heterocycles. The molecule has 1 amide bonds. The number of esters is 1. The van der Waals surface area contributed by atoms with E-state index in [1.54, 1.807) is 44.6 Å². The molecule has 2 aromatic heterocycles. The minimum absolute atomic E-state index is 0.0366. The molecule has 1 atom stereocenters. The number of nitrogens with one attached hydrogen (secondary N) is 1. The van der Waals surface area contributed by atoms with E-state index in [1.165, 1.54) is 12.4 Å². The van der Waals surface area contributed by atoms with Crippen LogP contribution >= 0.6 is 31.9 Å². The van der Waals surface area contributed by atoms with Crippen LogP contribution in [0.25, 0.3) is 0 Å². The summed E-state index contributed by atoms with van der Waals surface area (Å²) in [5.74, 6) is 0.331. The van der Waals surface area contributed by atoms with Gasteiger partial charge < -0.3 is 19.5 Å². The van der Waals surface area contributed by atoms with Gasteiger partial charge in [-0.15, -0.1) is 0 Å². The van der Waals surface area contributed by atoms with Crippen molar-refractivity contribution in [2.24, 2.45) is 0 Å². The van der Waals surface area contributed by atoms with Crippen molar-refractivity contribution in [3.05, 3.63) is 80.8 Å². The molecular weight excluding hydrogens is 558 g/mol. The summed E-state index contributed by atoms with van der Waals surface area (Å²) in [7, 11) is 3.11. The Morgan fingerprint density at radius 1 is 0.909 bits per heavy atom. The number of carbonyl (C=O) groups excluding carboxylic acids is 2. The molecule has 0 unspecified atom stereocenters. The number of ether oxygens (including phenoxy) is 3. The molecule has 0 aliphatic rings. The van der Waals surface area contributed by atoms with Gasteiger partial charge in [0.2, 0.25) is 0 Å². The fourth-order valence-electron chi connectivity index (χ4n) is 3.05. The van der Waals surface area contributed by atoms with E-state index < -0.39 is 12.0 Å². The van der Waals surface area contributed by atoms with Crippen molar-refractivity contribution in [2.75, 3.05) is 20.8 Å². The van der Waals surface area contributed by atoms with Crippen LogP contribution in [0.2, 0.25) is 0 Å². The Bertz CT molecular complexity index is 1140. The maximum absolute atomic E-state index is 12.8. The van der Waals surface area contributed by atoms with Crippen molar-refractivity contribution in [1.82, 2.24) is 15.3 Å². The van der Waals surface area contributed by atoms with Gasteiger partial charge in [-0.25, -0.2) is 14.8 Å². The van der Waals surface area contributed by atoms with Crippen LogP contribution in [0.3, 0.4) is 0 Å². The molecule has 0 saturated carbocycles. The van der Waals surface area contributed by atoms with Gasteiger partial charge in [0.25, 0.3) is 5.91 Å². The molecule has 0 saturated heterocycles. The van der Waals surface area contributed by atoms with E-state index in [1.807, 2.05) is 12.1 Å². The first-order valence-corrected chi connectivity index (χ1v) is 11.4. The standard InChI is InChI=1S/C23H21Br2N3O5/c1-31-18-4-3-14(10-19(18)32-2)9-17(28-22(29)15-5-7-26-20(24)11-15)13-33-23(30)16-6-8-27-21(25)12-16/h3-8,10-12,17H,9,13H2,1-2H3,(H,28,29)/t17-/m0/s1. The number of carbonyl (C=O) groups is 2. The highest BCUT2D eigenvalue weighted by Gasteiger charge is 2.19. The Balaban J connectivity index is 1.77. The predicted molar refractivity (Wildman–Crippen MR) is 129 cm³/mol. The summed E-state index contributed by atoms with van der Waals surface area (Å²) < 4.78 is 17.2. The molecule has 33 heavy (non-hydrogen) atoms. The second kappa shape index (κ2) is 11.8. The van der Waals surface area contributed by atoms with Crippen molar-refractivity contribution in [1.29, 1.82) is 0 Å². The van der Waals surface area contributed by atoms with E-state index in [0.29, 0.717) is 38.3 Å². The number of rotatable bonds is 9. The van der Waals surface area contributed by atoms with E-state index in [9.17, 15) is 9.59 Å². The fourth-order valence-corrected chi connectivity index (χ4v) is 3.77. The van der Waals surface area contributed by atoms with Gasteiger partial charge >= 0.3 is 5.97 Å². The lowest BCUT2D eigenvalue weighted by Crippen LogP contribution is -2.40. The highest BCUT2D eigenvalue weighted by molar-refractivity contribution is 9.10. The Morgan fingerprint density at radius 2 is 1.55 bits per heavy atom. The second-order valence-electron chi connectivity index (χ2n) is 6.90. The Labute approximate surface area is 207 Å². The minimum atomic E-state index is -0.517. The van der Waals surface area contributed by atoms with E-state index in [-0.39, 0.29) is 12.5 Å². The molecule has 0 fully saturated rings. The number of amides is 1. The van der Waals surface area contributed by atoms with E-state index in [0.717, 1.165) is 5.56 Å². The Hall–Kier alpha value is -2.98.